The third-order valence-corrected chi connectivity index (χ3v) is 6.91. The molecule has 0 spiro atoms. The van der Waals surface area contributed by atoms with Crippen molar-refractivity contribution in [1.29, 1.82) is 0 Å². The van der Waals surface area contributed by atoms with Gasteiger partial charge in [0.15, 0.2) is 5.96 Å². The quantitative estimate of drug-likeness (QED) is 0.515. The highest BCUT2D eigenvalue weighted by atomic mass is 32.2. The summed E-state index contributed by atoms with van der Waals surface area (Å²) in [7, 11) is 0.387. The van der Waals surface area contributed by atoms with Crippen molar-refractivity contribution in [2.75, 3.05) is 45.7 Å². The lowest BCUT2D eigenvalue weighted by Crippen LogP contribution is -2.47. The van der Waals surface area contributed by atoms with Gasteiger partial charge in [0.05, 0.1) is 0 Å². The molecule has 0 atom stereocenters. The first-order chi connectivity index (χ1) is 14.0. The van der Waals surface area contributed by atoms with Gasteiger partial charge >= 0.3 is 15.5 Å². The molecule has 7 nitrogen and oxygen atoms in total. The number of aryl methyl sites for hydroxylation is 1. The van der Waals surface area contributed by atoms with E-state index in [1.807, 2.05) is 32.0 Å². The second-order valence-corrected chi connectivity index (χ2v) is 9.53. The molecule has 170 valence electrons. The van der Waals surface area contributed by atoms with Crippen molar-refractivity contribution in [2.45, 2.75) is 31.8 Å². The molecule has 1 aliphatic heterocycles. The maximum atomic E-state index is 12.7. The number of piperidine rings is 1. The summed E-state index contributed by atoms with van der Waals surface area (Å²) in [5.74, 6) is 0.667. The van der Waals surface area contributed by atoms with Crippen molar-refractivity contribution in [3.05, 3.63) is 29.3 Å². The largest absolute Gasteiger partial charge is 0.511 e. The highest BCUT2D eigenvalue weighted by molar-refractivity contribution is 7.90. The summed E-state index contributed by atoms with van der Waals surface area (Å²) < 4.78 is 61.5. The molecule has 0 aliphatic carbocycles. The molecule has 1 aromatic rings. The Morgan fingerprint density at radius 1 is 1.23 bits per heavy atom. The summed E-state index contributed by atoms with van der Waals surface area (Å²) in [6.07, 6.45) is 0.731. The summed E-state index contributed by atoms with van der Waals surface area (Å²) in [6, 6.07) is 6.21. The number of benzene rings is 1. The lowest BCUT2D eigenvalue weighted by atomic mass is 9.98. The Bertz CT molecular complexity index is 848. The number of alkyl halides is 3. The molecule has 1 aromatic carbocycles. The number of rotatable bonds is 6. The lowest BCUT2D eigenvalue weighted by Gasteiger charge is -2.31. The third-order valence-electron chi connectivity index (χ3n) is 5.28. The molecule has 2 rings (SSSR count). The monoisotopic (exact) mass is 449 g/mol. The minimum absolute atomic E-state index is 0.0735. The molecule has 2 N–H and O–H groups in total. The summed E-state index contributed by atoms with van der Waals surface area (Å²) in [6.45, 7) is 2.89. The Balaban J connectivity index is 1.82. The third kappa shape index (κ3) is 6.00. The number of aliphatic imine (C=N–C) groups is 1. The van der Waals surface area contributed by atoms with Gasteiger partial charge in [-0.25, -0.2) is 8.42 Å². The predicted octanol–water partition coefficient (Wildman–Crippen LogP) is 2.29. The van der Waals surface area contributed by atoms with Crippen LogP contribution in [0.5, 0.6) is 0 Å². The van der Waals surface area contributed by atoms with E-state index in [9.17, 15) is 21.6 Å². The van der Waals surface area contributed by atoms with Crippen LogP contribution in [0.15, 0.2) is 23.2 Å². The van der Waals surface area contributed by atoms with E-state index >= 15 is 0 Å². The van der Waals surface area contributed by atoms with Crippen LogP contribution in [0.4, 0.5) is 18.9 Å². The minimum Gasteiger partial charge on any atom is -0.378 e. The van der Waals surface area contributed by atoms with E-state index in [1.165, 1.54) is 0 Å². The first-order valence-electron chi connectivity index (χ1n) is 9.73. The van der Waals surface area contributed by atoms with Gasteiger partial charge in [-0.15, -0.1) is 0 Å². The second kappa shape index (κ2) is 9.86. The highest BCUT2D eigenvalue weighted by Gasteiger charge is 2.50. The van der Waals surface area contributed by atoms with Gasteiger partial charge in [-0.05, 0) is 48.9 Å². The minimum atomic E-state index is -5.24. The smallest absolute Gasteiger partial charge is 0.378 e. The van der Waals surface area contributed by atoms with E-state index in [-0.39, 0.29) is 19.0 Å². The van der Waals surface area contributed by atoms with Crippen LogP contribution in [-0.2, 0) is 16.6 Å². The van der Waals surface area contributed by atoms with Crippen LogP contribution in [0, 0.1) is 12.8 Å². The average Bonchev–Trinajstić information content (AvgIpc) is 2.68. The maximum Gasteiger partial charge on any atom is 0.511 e. The van der Waals surface area contributed by atoms with Crippen LogP contribution in [0.1, 0.15) is 24.0 Å². The number of nitrogens with zero attached hydrogens (tertiary/aromatic N) is 3. The zero-order valence-corrected chi connectivity index (χ0v) is 18.6. The molecule has 0 amide bonds. The molecule has 1 saturated heterocycles. The standard InChI is InChI=1S/C19H30F3N5O2S/c1-14-11-17(26(3)4)6-5-16(14)13-25-18(23-2)24-12-15-7-9-27(10-8-15)30(28,29)19(20,21)22/h5-6,11,15H,7-10,12-13H2,1-4H3,(H2,23,24,25). The number of halogens is 3. The van der Waals surface area contributed by atoms with E-state index in [4.69, 9.17) is 0 Å². The highest BCUT2D eigenvalue weighted by Crippen LogP contribution is 2.30. The molecule has 30 heavy (non-hydrogen) atoms. The molecule has 0 radical (unpaired) electrons. The number of hydrogen-bond donors (Lipinski definition) is 2. The van der Waals surface area contributed by atoms with Crippen LogP contribution in [0.25, 0.3) is 0 Å². The van der Waals surface area contributed by atoms with E-state index < -0.39 is 15.5 Å². The summed E-state index contributed by atoms with van der Waals surface area (Å²) in [4.78, 5) is 6.22. The SMILES string of the molecule is CN=C(NCc1ccc(N(C)C)cc1C)NCC1CCN(S(=O)(=O)C(F)(F)F)CC1. The van der Waals surface area contributed by atoms with Gasteiger partial charge in [-0.2, -0.15) is 17.5 Å². The zero-order chi connectivity index (χ0) is 22.5. The van der Waals surface area contributed by atoms with Crippen LogP contribution >= 0.6 is 0 Å². The van der Waals surface area contributed by atoms with Gasteiger partial charge < -0.3 is 15.5 Å². The zero-order valence-electron chi connectivity index (χ0n) is 17.8. The van der Waals surface area contributed by atoms with E-state index in [0.717, 1.165) is 16.8 Å². The molecular weight excluding hydrogens is 419 g/mol. The molecule has 1 fully saturated rings. The van der Waals surface area contributed by atoms with Gasteiger partial charge in [0.2, 0.25) is 0 Å². The Kier molecular flexibility index (Phi) is 7.98. The topological polar surface area (TPSA) is 77.0 Å². The Hall–Kier alpha value is -2.01. The second-order valence-electron chi connectivity index (χ2n) is 7.61. The number of hydrogen-bond acceptors (Lipinski definition) is 4. The molecular formula is C19H30F3N5O2S. The van der Waals surface area contributed by atoms with Gasteiger partial charge in [0.25, 0.3) is 0 Å². The van der Waals surface area contributed by atoms with Crippen LogP contribution < -0.4 is 15.5 Å². The maximum absolute atomic E-state index is 12.7. The molecule has 1 aliphatic rings. The van der Waals surface area contributed by atoms with Crippen molar-refractivity contribution in [3.63, 3.8) is 0 Å². The fourth-order valence-corrected chi connectivity index (χ4v) is 4.28. The Morgan fingerprint density at radius 2 is 1.87 bits per heavy atom. The first-order valence-corrected chi connectivity index (χ1v) is 11.2. The lowest BCUT2D eigenvalue weighted by molar-refractivity contribution is -0.0496. The first kappa shape index (κ1) is 24.3. The summed E-state index contributed by atoms with van der Waals surface area (Å²) in [5.41, 5.74) is -1.83. The van der Waals surface area contributed by atoms with Crippen molar-refractivity contribution in [3.8, 4) is 0 Å². The van der Waals surface area contributed by atoms with Crippen LogP contribution in [0.3, 0.4) is 0 Å². The predicted molar refractivity (Wildman–Crippen MR) is 113 cm³/mol. The number of guanidine groups is 1. The Labute approximate surface area is 176 Å². The number of nitrogens with one attached hydrogen (secondary N) is 2. The van der Waals surface area contributed by atoms with Crippen molar-refractivity contribution in [2.24, 2.45) is 10.9 Å². The summed E-state index contributed by atoms with van der Waals surface area (Å²) >= 11 is 0. The fraction of sp³-hybridized carbons (Fsp3) is 0.632. The van der Waals surface area contributed by atoms with E-state index in [0.29, 0.717) is 36.2 Å². The molecule has 1 heterocycles. The van der Waals surface area contributed by atoms with Gasteiger partial charge in [0.1, 0.15) is 0 Å². The summed E-state index contributed by atoms with van der Waals surface area (Å²) in [5, 5.41) is 6.42. The molecule has 11 heteroatoms. The molecule has 0 bridgehead atoms. The van der Waals surface area contributed by atoms with Crippen molar-refractivity contribution < 1.29 is 21.6 Å². The molecule has 0 unspecified atom stereocenters. The molecule has 0 aromatic heterocycles. The van der Waals surface area contributed by atoms with Gasteiger partial charge in [-0.1, -0.05) is 6.07 Å². The number of anilines is 1. The molecule has 0 saturated carbocycles. The van der Waals surface area contributed by atoms with E-state index in [1.54, 1.807) is 7.05 Å². The van der Waals surface area contributed by atoms with Gasteiger partial charge in [0, 0.05) is 53.0 Å². The Morgan fingerprint density at radius 3 is 2.37 bits per heavy atom. The van der Waals surface area contributed by atoms with E-state index in [2.05, 4.69) is 27.8 Å². The van der Waals surface area contributed by atoms with Gasteiger partial charge in [-0.3, -0.25) is 4.99 Å². The average molecular weight is 450 g/mol. The fourth-order valence-electron chi connectivity index (χ4n) is 3.30. The van der Waals surface area contributed by atoms with Crippen LogP contribution in [0.2, 0.25) is 0 Å². The normalized spacial score (nSPS) is 17.1. The van der Waals surface area contributed by atoms with Crippen molar-refractivity contribution >= 4 is 21.7 Å². The number of sulfonamides is 1. The van der Waals surface area contributed by atoms with Crippen LogP contribution in [-0.4, -0.2) is 65.0 Å². The van der Waals surface area contributed by atoms with Crippen molar-refractivity contribution in [1.82, 2.24) is 14.9 Å².